The summed E-state index contributed by atoms with van der Waals surface area (Å²) in [6, 6.07) is 1.92. The van der Waals surface area contributed by atoms with Gasteiger partial charge in [-0.1, -0.05) is 26.2 Å². The van der Waals surface area contributed by atoms with Gasteiger partial charge in [0.2, 0.25) is 0 Å². The van der Waals surface area contributed by atoms with Crippen LogP contribution in [0.3, 0.4) is 0 Å². The van der Waals surface area contributed by atoms with Crippen molar-refractivity contribution in [2.45, 2.75) is 39.0 Å². The molecular weight excluding hydrogens is 310 g/mol. The normalized spacial score (nSPS) is 23.9. The Morgan fingerprint density at radius 1 is 1.39 bits per heavy atom. The fraction of sp³-hybridized carbons (Fsp3) is 0.643. The van der Waals surface area contributed by atoms with Crippen LogP contribution < -0.4 is 5.32 Å². The number of thiophene rings is 1. The largest absolute Gasteiger partial charge is 0.351 e. The number of hydrogen-bond donors (Lipinski definition) is 1. The van der Waals surface area contributed by atoms with Gasteiger partial charge in [0.15, 0.2) is 0 Å². The van der Waals surface area contributed by atoms with Crippen molar-refractivity contribution in [1.82, 2.24) is 5.32 Å². The first-order valence-electron chi connectivity index (χ1n) is 6.72. The minimum atomic E-state index is 0.0643. The van der Waals surface area contributed by atoms with Gasteiger partial charge in [0.25, 0.3) is 5.91 Å². The summed E-state index contributed by atoms with van der Waals surface area (Å²) in [6.45, 7) is 3.11. The minimum Gasteiger partial charge on any atom is -0.351 e. The molecule has 1 N–H and O–H groups in total. The Balaban J connectivity index is 1.76. The summed E-state index contributed by atoms with van der Waals surface area (Å²) in [5, 5.41) is 5.01. The van der Waals surface area contributed by atoms with Crippen LogP contribution in [0, 0.1) is 11.8 Å². The molecule has 1 aromatic rings. The number of amides is 1. The van der Waals surface area contributed by atoms with Crippen molar-refractivity contribution in [3.05, 3.63) is 20.8 Å². The lowest BCUT2D eigenvalue weighted by Crippen LogP contribution is -2.31. The van der Waals surface area contributed by atoms with E-state index >= 15 is 0 Å². The zero-order valence-electron chi connectivity index (χ0n) is 10.7. The van der Waals surface area contributed by atoms with Crippen molar-refractivity contribution in [3.63, 3.8) is 0 Å². The van der Waals surface area contributed by atoms with Gasteiger partial charge in [0.1, 0.15) is 4.88 Å². The molecule has 1 heterocycles. The molecule has 100 valence electrons. The monoisotopic (exact) mass is 329 g/mol. The van der Waals surface area contributed by atoms with Crippen molar-refractivity contribution < 1.29 is 4.79 Å². The summed E-state index contributed by atoms with van der Waals surface area (Å²) in [7, 11) is 0. The second-order valence-corrected chi connectivity index (χ2v) is 6.87. The Morgan fingerprint density at radius 3 is 2.61 bits per heavy atom. The van der Waals surface area contributed by atoms with E-state index in [1.807, 2.05) is 11.4 Å². The Kier molecular flexibility index (Phi) is 5.25. The highest BCUT2D eigenvalue weighted by molar-refractivity contribution is 9.10. The molecule has 0 saturated heterocycles. The molecule has 1 fully saturated rings. The van der Waals surface area contributed by atoms with E-state index < -0.39 is 0 Å². The molecule has 4 heteroatoms. The molecule has 0 aromatic carbocycles. The van der Waals surface area contributed by atoms with E-state index in [0.717, 1.165) is 21.8 Å². The average molecular weight is 330 g/mol. The van der Waals surface area contributed by atoms with Gasteiger partial charge in [0, 0.05) is 11.0 Å². The van der Waals surface area contributed by atoms with Gasteiger partial charge in [-0.25, -0.2) is 0 Å². The van der Waals surface area contributed by atoms with Gasteiger partial charge in [-0.05, 0) is 52.1 Å². The summed E-state index contributed by atoms with van der Waals surface area (Å²) < 4.78 is 0.902. The molecule has 1 aliphatic rings. The molecule has 0 aliphatic heterocycles. The Bertz CT molecular complexity index is 396. The van der Waals surface area contributed by atoms with Crippen LogP contribution in [-0.2, 0) is 0 Å². The number of rotatable bonds is 4. The third-order valence-corrected chi connectivity index (χ3v) is 5.75. The van der Waals surface area contributed by atoms with Gasteiger partial charge in [-0.3, -0.25) is 4.79 Å². The Hall–Kier alpha value is -0.350. The standard InChI is InChI=1S/C14H20BrNOS/c1-2-10-3-5-11(6-4-10)9-16-14(17)13-12(15)7-8-18-13/h7-8,10-11H,2-6,9H2,1H3,(H,16,17). The molecule has 0 atom stereocenters. The number of halogens is 1. The number of carbonyl (C=O) groups is 1. The molecule has 1 amide bonds. The predicted octanol–water partition coefficient (Wildman–Crippen LogP) is 4.46. The summed E-state index contributed by atoms with van der Waals surface area (Å²) >= 11 is 4.89. The minimum absolute atomic E-state index is 0.0643. The van der Waals surface area contributed by atoms with Crippen LogP contribution in [-0.4, -0.2) is 12.5 Å². The van der Waals surface area contributed by atoms with Crippen molar-refractivity contribution in [2.24, 2.45) is 11.8 Å². The third kappa shape index (κ3) is 3.58. The summed E-state index contributed by atoms with van der Waals surface area (Å²) in [4.78, 5) is 12.7. The van der Waals surface area contributed by atoms with E-state index in [1.165, 1.54) is 43.4 Å². The number of nitrogens with one attached hydrogen (secondary N) is 1. The molecule has 0 radical (unpaired) electrons. The van der Waals surface area contributed by atoms with E-state index in [0.29, 0.717) is 5.92 Å². The van der Waals surface area contributed by atoms with Crippen LogP contribution in [0.5, 0.6) is 0 Å². The lowest BCUT2D eigenvalue weighted by Gasteiger charge is -2.27. The zero-order chi connectivity index (χ0) is 13.0. The first kappa shape index (κ1) is 14.1. The summed E-state index contributed by atoms with van der Waals surface area (Å²) in [5.74, 6) is 1.66. The molecule has 2 rings (SSSR count). The molecule has 0 spiro atoms. The Morgan fingerprint density at radius 2 is 2.06 bits per heavy atom. The lowest BCUT2D eigenvalue weighted by atomic mass is 9.81. The molecular formula is C14H20BrNOS. The van der Waals surface area contributed by atoms with E-state index in [1.54, 1.807) is 0 Å². The Labute approximate surface area is 121 Å². The molecule has 0 bridgehead atoms. The second kappa shape index (κ2) is 6.71. The van der Waals surface area contributed by atoms with Gasteiger partial charge in [-0.15, -0.1) is 11.3 Å². The highest BCUT2D eigenvalue weighted by Gasteiger charge is 2.21. The van der Waals surface area contributed by atoms with Gasteiger partial charge < -0.3 is 5.32 Å². The maximum atomic E-state index is 12.0. The van der Waals surface area contributed by atoms with Crippen molar-refractivity contribution >= 4 is 33.2 Å². The molecule has 0 unspecified atom stereocenters. The highest BCUT2D eigenvalue weighted by Crippen LogP contribution is 2.30. The zero-order valence-corrected chi connectivity index (χ0v) is 13.1. The molecule has 2 nitrogen and oxygen atoms in total. The number of carbonyl (C=O) groups excluding carboxylic acids is 1. The molecule has 1 aliphatic carbocycles. The van der Waals surface area contributed by atoms with Crippen molar-refractivity contribution in [1.29, 1.82) is 0 Å². The van der Waals surface area contributed by atoms with Gasteiger partial charge in [-0.2, -0.15) is 0 Å². The maximum absolute atomic E-state index is 12.0. The van der Waals surface area contributed by atoms with Crippen molar-refractivity contribution in [3.8, 4) is 0 Å². The average Bonchev–Trinajstić information content (AvgIpc) is 2.83. The quantitative estimate of drug-likeness (QED) is 0.868. The molecule has 1 saturated carbocycles. The number of hydrogen-bond acceptors (Lipinski definition) is 2. The fourth-order valence-electron chi connectivity index (χ4n) is 2.62. The van der Waals surface area contributed by atoms with Crippen LogP contribution in [0.1, 0.15) is 48.7 Å². The lowest BCUT2D eigenvalue weighted by molar-refractivity contribution is 0.0944. The predicted molar refractivity (Wildman–Crippen MR) is 80.1 cm³/mol. The smallest absolute Gasteiger partial charge is 0.262 e. The maximum Gasteiger partial charge on any atom is 0.262 e. The van der Waals surface area contributed by atoms with Crippen LogP contribution in [0.4, 0.5) is 0 Å². The highest BCUT2D eigenvalue weighted by atomic mass is 79.9. The van der Waals surface area contributed by atoms with E-state index in [9.17, 15) is 4.79 Å². The molecule has 18 heavy (non-hydrogen) atoms. The fourth-order valence-corrected chi connectivity index (χ4v) is 4.08. The van der Waals surface area contributed by atoms with Crippen LogP contribution >= 0.6 is 27.3 Å². The first-order valence-corrected chi connectivity index (χ1v) is 8.39. The second-order valence-electron chi connectivity index (χ2n) is 5.10. The topological polar surface area (TPSA) is 29.1 Å². The first-order chi connectivity index (χ1) is 8.70. The van der Waals surface area contributed by atoms with Gasteiger partial charge >= 0.3 is 0 Å². The van der Waals surface area contributed by atoms with Crippen LogP contribution in [0.15, 0.2) is 15.9 Å². The van der Waals surface area contributed by atoms with Crippen molar-refractivity contribution in [2.75, 3.05) is 6.54 Å². The SMILES string of the molecule is CCC1CCC(CNC(=O)c2sccc2Br)CC1. The third-order valence-electron chi connectivity index (χ3n) is 3.92. The van der Waals surface area contributed by atoms with E-state index in [2.05, 4.69) is 28.2 Å². The van der Waals surface area contributed by atoms with E-state index in [4.69, 9.17) is 0 Å². The molecule has 1 aromatic heterocycles. The van der Waals surface area contributed by atoms with Gasteiger partial charge in [0.05, 0.1) is 0 Å². The van der Waals surface area contributed by atoms with E-state index in [-0.39, 0.29) is 5.91 Å². The summed E-state index contributed by atoms with van der Waals surface area (Å²) in [6.07, 6.45) is 6.51. The van der Waals surface area contributed by atoms with Crippen LogP contribution in [0.2, 0.25) is 0 Å². The van der Waals surface area contributed by atoms with Crippen LogP contribution in [0.25, 0.3) is 0 Å². The summed E-state index contributed by atoms with van der Waals surface area (Å²) in [5.41, 5.74) is 0.